The first-order valence-corrected chi connectivity index (χ1v) is 15.1. The van der Waals surface area contributed by atoms with Crippen molar-refractivity contribution >= 4 is 28.8 Å². The molecule has 0 radical (unpaired) electrons. The average molecular weight is 602 g/mol. The molecule has 0 saturated carbocycles. The maximum atomic E-state index is 13.7. The zero-order chi connectivity index (χ0) is 31.2. The van der Waals surface area contributed by atoms with Crippen LogP contribution in [0.15, 0.2) is 63.8 Å². The lowest BCUT2D eigenvalue weighted by Crippen LogP contribution is -2.51. The number of hydrogen-bond acceptors (Lipinski definition) is 7. The van der Waals surface area contributed by atoms with Gasteiger partial charge >= 0.3 is 5.76 Å². The molecule has 0 fully saturated rings. The van der Waals surface area contributed by atoms with Gasteiger partial charge in [0.25, 0.3) is 0 Å². The van der Waals surface area contributed by atoms with Gasteiger partial charge in [-0.1, -0.05) is 62.7 Å². The molecule has 5 rings (SSSR count). The van der Waals surface area contributed by atoms with Crippen LogP contribution in [0.2, 0.25) is 0 Å². The Morgan fingerprint density at radius 1 is 1.02 bits per heavy atom. The number of nitrogens with zero attached hydrogens (tertiary/aromatic N) is 5. The Balaban J connectivity index is 1.47. The van der Waals surface area contributed by atoms with Gasteiger partial charge < -0.3 is 20.0 Å². The summed E-state index contributed by atoms with van der Waals surface area (Å²) >= 11 is 0. The van der Waals surface area contributed by atoms with Gasteiger partial charge in [0.15, 0.2) is 5.58 Å². The van der Waals surface area contributed by atoms with Crippen LogP contribution in [0.5, 0.6) is 0 Å². The molecule has 1 aliphatic heterocycles. The van der Waals surface area contributed by atoms with E-state index in [1.807, 2.05) is 44.2 Å². The SMILES string of the molecule is CC[C@H](C)[C@@H]1NC(=O)CCCN(C(=O)Cn2c(=O)oc3ccccc32)CCn2nc(C)nc2[C@H](Cc2ccccc2)NC1=O. The van der Waals surface area contributed by atoms with Crippen molar-refractivity contribution in [1.29, 1.82) is 0 Å². The Kier molecular flexibility index (Phi) is 9.56. The Bertz CT molecular complexity index is 1670. The van der Waals surface area contributed by atoms with E-state index in [9.17, 15) is 19.2 Å². The first kappa shape index (κ1) is 30.7. The molecule has 44 heavy (non-hydrogen) atoms. The fourth-order valence-corrected chi connectivity index (χ4v) is 5.57. The Morgan fingerprint density at radius 2 is 1.77 bits per heavy atom. The van der Waals surface area contributed by atoms with Crippen LogP contribution in [0.4, 0.5) is 0 Å². The topological polar surface area (TPSA) is 144 Å². The minimum atomic E-state index is -0.731. The molecule has 2 N–H and O–H groups in total. The highest BCUT2D eigenvalue weighted by Crippen LogP contribution is 2.20. The summed E-state index contributed by atoms with van der Waals surface area (Å²) in [4.78, 5) is 59.3. The summed E-state index contributed by atoms with van der Waals surface area (Å²) in [5, 5.41) is 10.7. The Morgan fingerprint density at radius 3 is 2.55 bits per heavy atom. The summed E-state index contributed by atoms with van der Waals surface area (Å²) < 4.78 is 8.39. The highest BCUT2D eigenvalue weighted by atomic mass is 16.4. The lowest BCUT2D eigenvalue weighted by atomic mass is 9.97. The monoisotopic (exact) mass is 601 g/mol. The van der Waals surface area contributed by atoms with Crippen LogP contribution in [0.1, 0.15) is 56.4 Å². The molecular weight excluding hydrogens is 562 g/mol. The molecule has 2 aromatic carbocycles. The third kappa shape index (κ3) is 7.07. The number of oxazole rings is 1. The minimum absolute atomic E-state index is 0.106. The van der Waals surface area contributed by atoms with Crippen LogP contribution in [-0.2, 0) is 33.9 Å². The number of aromatic nitrogens is 4. The van der Waals surface area contributed by atoms with E-state index in [2.05, 4.69) is 15.7 Å². The molecule has 232 valence electrons. The molecular formula is C32H39N7O5. The zero-order valence-electron chi connectivity index (χ0n) is 25.4. The van der Waals surface area contributed by atoms with Gasteiger partial charge in [0.2, 0.25) is 17.7 Å². The molecule has 3 atom stereocenters. The molecule has 1 aliphatic rings. The maximum Gasteiger partial charge on any atom is 0.420 e. The number of para-hydroxylation sites is 2. The lowest BCUT2D eigenvalue weighted by molar-refractivity contribution is -0.133. The Hall–Kier alpha value is -4.74. The Labute approximate surface area is 255 Å². The predicted molar refractivity (Wildman–Crippen MR) is 163 cm³/mol. The van der Waals surface area contributed by atoms with Crippen molar-refractivity contribution in [1.82, 2.24) is 34.9 Å². The van der Waals surface area contributed by atoms with E-state index < -0.39 is 17.8 Å². The molecule has 0 aliphatic carbocycles. The van der Waals surface area contributed by atoms with Crippen molar-refractivity contribution in [3.63, 3.8) is 0 Å². The van der Waals surface area contributed by atoms with E-state index >= 15 is 0 Å². The quantitative estimate of drug-likeness (QED) is 0.346. The number of benzene rings is 2. The molecule has 0 bridgehead atoms. The van der Waals surface area contributed by atoms with Gasteiger partial charge in [-0.05, 0) is 43.4 Å². The summed E-state index contributed by atoms with van der Waals surface area (Å²) in [6.45, 7) is 6.37. The van der Waals surface area contributed by atoms with Crippen LogP contribution in [0.3, 0.4) is 0 Å². The van der Waals surface area contributed by atoms with E-state index in [-0.39, 0.29) is 49.7 Å². The van der Waals surface area contributed by atoms with E-state index in [1.165, 1.54) is 4.57 Å². The van der Waals surface area contributed by atoms with E-state index in [0.717, 1.165) is 5.56 Å². The van der Waals surface area contributed by atoms with Gasteiger partial charge in [0, 0.05) is 19.5 Å². The summed E-state index contributed by atoms with van der Waals surface area (Å²) in [5.41, 5.74) is 1.95. The van der Waals surface area contributed by atoms with Crippen molar-refractivity contribution in [2.75, 3.05) is 13.1 Å². The van der Waals surface area contributed by atoms with Gasteiger partial charge in [0.05, 0.1) is 18.1 Å². The highest BCUT2D eigenvalue weighted by molar-refractivity contribution is 5.88. The van der Waals surface area contributed by atoms with Crippen LogP contribution in [0, 0.1) is 12.8 Å². The standard InChI is InChI=1S/C32H39N7O5/c1-4-21(2)29-31(42)34-24(19-23-11-6-5-7-12-23)30-33-22(3)36-39(30)18-17-37(16-10-15-27(40)35-29)28(41)20-38-25-13-8-9-14-26(25)44-32(38)43/h5-9,11-14,21,24,29H,4,10,15-20H2,1-3H3,(H,34,42)(H,35,40)/t21-,24-,29-/m0/s1. The molecule has 0 saturated heterocycles. The number of aryl methyl sites for hydroxylation is 1. The molecule has 0 unspecified atom stereocenters. The van der Waals surface area contributed by atoms with E-state index in [0.29, 0.717) is 48.6 Å². The van der Waals surface area contributed by atoms with Crippen molar-refractivity contribution in [2.24, 2.45) is 5.92 Å². The zero-order valence-corrected chi connectivity index (χ0v) is 25.4. The van der Waals surface area contributed by atoms with Crippen molar-refractivity contribution < 1.29 is 18.8 Å². The number of amides is 3. The molecule has 12 nitrogen and oxygen atoms in total. The molecule has 2 aromatic heterocycles. The van der Waals surface area contributed by atoms with E-state index in [1.54, 1.807) is 40.8 Å². The van der Waals surface area contributed by atoms with Crippen molar-refractivity contribution in [2.45, 2.75) is 71.6 Å². The van der Waals surface area contributed by atoms with Gasteiger partial charge in [0.1, 0.15) is 24.2 Å². The normalized spacial score (nSPS) is 19.1. The minimum Gasteiger partial charge on any atom is -0.408 e. The average Bonchev–Trinajstić information content (AvgIpc) is 3.55. The second-order valence-electron chi connectivity index (χ2n) is 11.3. The van der Waals surface area contributed by atoms with Crippen molar-refractivity contribution in [3.8, 4) is 0 Å². The molecule has 4 aromatic rings. The molecule has 3 heterocycles. The summed E-state index contributed by atoms with van der Waals surface area (Å²) in [7, 11) is 0. The van der Waals surface area contributed by atoms with E-state index in [4.69, 9.17) is 9.40 Å². The summed E-state index contributed by atoms with van der Waals surface area (Å²) in [5.74, 6) is -0.418. The number of rotatable bonds is 6. The van der Waals surface area contributed by atoms with Gasteiger partial charge in [-0.3, -0.25) is 19.0 Å². The first-order chi connectivity index (χ1) is 21.2. The predicted octanol–water partition coefficient (Wildman–Crippen LogP) is 2.75. The van der Waals surface area contributed by atoms with Crippen LogP contribution in [-0.4, -0.2) is 61.1 Å². The smallest absolute Gasteiger partial charge is 0.408 e. The number of hydrogen-bond donors (Lipinski definition) is 2. The van der Waals surface area contributed by atoms with Gasteiger partial charge in [-0.25, -0.2) is 14.5 Å². The number of carbonyl (C=O) groups is 3. The van der Waals surface area contributed by atoms with Crippen molar-refractivity contribution in [3.05, 3.63) is 82.4 Å². The molecule has 3 amide bonds. The van der Waals surface area contributed by atoms with Crippen LogP contribution < -0.4 is 16.4 Å². The second kappa shape index (κ2) is 13.7. The highest BCUT2D eigenvalue weighted by Gasteiger charge is 2.31. The molecule has 12 heteroatoms. The first-order valence-electron chi connectivity index (χ1n) is 15.1. The summed E-state index contributed by atoms with van der Waals surface area (Å²) in [6, 6.07) is 15.5. The third-order valence-corrected chi connectivity index (χ3v) is 8.16. The third-order valence-electron chi connectivity index (χ3n) is 8.16. The number of fused-ring (bicyclic) bond motifs is 2. The number of carbonyl (C=O) groups excluding carboxylic acids is 3. The van der Waals surface area contributed by atoms with Crippen LogP contribution >= 0.6 is 0 Å². The second-order valence-corrected chi connectivity index (χ2v) is 11.3. The maximum absolute atomic E-state index is 13.7. The van der Waals surface area contributed by atoms with Gasteiger partial charge in [-0.2, -0.15) is 5.10 Å². The fraction of sp³-hybridized carbons (Fsp3) is 0.438. The summed E-state index contributed by atoms with van der Waals surface area (Å²) in [6.07, 6.45) is 1.68. The van der Waals surface area contributed by atoms with Gasteiger partial charge in [-0.15, -0.1) is 0 Å². The number of nitrogens with one attached hydrogen (secondary N) is 2. The van der Waals surface area contributed by atoms with Crippen LogP contribution in [0.25, 0.3) is 11.1 Å². The molecule has 0 spiro atoms. The lowest BCUT2D eigenvalue weighted by Gasteiger charge is -2.28. The fourth-order valence-electron chi connectivity index (χ4n) is 5.57. The largest absolute Gasteiger partial charge is 0.420 e.